The first-order valence-electron chi connectivity index (χ1n) is 14.4. The molecule has 1 saturated heterocycles. The Kier molecular flexibility index (Phi) is 10.6. The number of thiazole rings is 1. The lowest BCUT2D eigenvalue weighted by Gasteiger charge is -2.49. The van der Waals surface area contributed by atoms with Crippen molar-refractivity contribution in [2.75, 3.05) is 24.3 Å². The molecule has 3 N–H and O–H groups in total. The van der Waals surface area contributed by atoms with Crippen LogP contribution in [0.2, 0.25) is 0 Å². The number of amides is 2. The highest BCUT2D eigenvalue weighted by Gasteiger charge is 2.55. The van der Waals surface area contributed by atoms with E-state index in [1.165, 1.54) is 33.8 Å². The molecule has 0 radical (unpaired) electrons. The summed E-state index contributed by atoms with van der Waals surface area (Å²) in [7, 11) is 0. The Labute approximate surface area is 284 Å². The van der Waals surface area contributed by atoms with Crippen molar-refractivity contribution >= 4 is 69.5 Å². The Morgan fingerprint density at radius 3 is 2.30 bits per heavy atom. The van der Waals surface area contributed by atoms with Gasteiger partial charge in [0.05, 0.1) is 0 Å². The lowest BCUT2D eigenvalue weighted by Crippen LogP contribution is -2.71. The first kappa shape index (κ1) is 34.0. The number of aromatic nitrogens is 1. The Bertz CT molecular complexity index is 1670. The van der Waals surface area contributed by atoms with Gasteiger partial charge >= 0.3 is 11.9 Å². The second-order valence-corrected chi connectivity index (χ2v) is 14.2. The van der Waals surface area contributed by atoms with Crippen molar-refractivity contribution in [1.82, 2.24) is 15.2 Å². The van der Waals surface area contributed by atoms with E-state index in [1.807, 2.05) is 66.9 Å². The van der Waals surface area contributed by atoms with Gasteiger partial charge in [-0.1, -0.05) is 65.8 Å². The van der Waals surface area contributed by atoms with Crippen molar-refractivity contribution in [2.24, 2.45) is 5.16 Å². The molecule has 246 valence electrons. The van der Waals surface area contributed by atoms with Crippen LogP contribution in [0.25, 0.3) is 0 Å². The third kappa shape index (κ3) is 7.97. The third-order valence-corrected chi connectivity index (χ3v) is 9.79. The SMILES string of the molecule is CSC1=C(C(=O)OC(c2ccccc2)c2ccccc2)N2C(=O)C(NC(=O)/C(=N/OCC(=O)OC(C)(C)C)c3csc(N)n3)[C@H]2SC1. The Balaban J connectivity index is 1.33. The van der Waals surface area contributed by atoms with Crippen LogP contribution in [0.4, 0.5) is 5.13 Å². The van der Waals surface area contributed by atoms with Gasteiger partial charge in [0.2, 0.25) is 6.61 Å². The summed E-state index contributed by atoms with van der Waals surface area (Å²) in [5.74, 6) is -2.16. The van der Waals surface area contributed by atoms with Gasteiger partial charge in [-0.2, -0.15) is 0 Å². The van der Waals surface area contributed by atoms with Gasteiger partial charge in [0.1, 0.15) is 28.4 Å². The van der Waals surface area contributed by atoms with Crippen LogP contribution in [0.3, 0.4) is 0 Å². The highest BCUT2D eigenvalue weighted by Crippen LogP contribution is 2.44. The zero-order valence-corrected chi connectivity index (χ0v) is 28.4. The van der Waals surface area contributed by atoms with Gasteiger partial charge in [-0.25, -0.2) is 14.6 Å². The topological polar surface area (TPSA) is 163 Å². The number of fused-ring (bicyclic) bond motifs is 1. The number of carbonyl (C=O) groups excluding carboxylic acids is 4. The van der Waals surface area contributed by atoms with E-state index in [-0.39, 0.29) is 22.2 Å². The van der Waals surface area contributed by atoms with Gasteiger partial charge in [0, 0.05) is 16.0 Å². The molecule has 0 aliphatic carbocycles. The number of nitrogen functional groups attached to an aromatic ring is 1. The van der Waals surface area contributed by atoms with Crippen LogP contribution in [0, 0.1) is 0 Å². The molecule has 12 nitrogen and oxygen atoms in total. The van der Waals surface area contributed by atoms with Crippen molar-refractivity contribution in [2.45, 2.75) is 43.9 Å². The average molecular weight is 696 g/mol. The number of oxime groups is 1. The summed E-state index contributed by atoms with van der Waals surface area (Å²) in [6.45, 7) is 4.57. The van der Waals surface area contributed by atoms with Crippen molar-refractivity contribution in [3.05, 3.63) is 93.5 Å². The quantitative estimate of drug-likeness (QED) is 0.129. The molecule has 2 atom stereocenters. The molecule has 1 fully saturated rings. The number of ether oxygens (including phenoxy) is 2. The Hall–Kier alpha value is -4.34. The fourth-order valence-electron chi connectivity index (χ4n) is 4.81. The average Bonchev–Trinajstić information content (AvgIpc) is 3.48. The summed E-state index contributed by atoms with van der Waals surface area (Å²) >= 11 is 3.85. The van der Waals surface area contributed by atoms with Crippen LogP contribution in [0.15, 0.2) is 81.8 Å². The molecule has 2 aromatic carbocycles. The highest BCUT2D eigenvalue weighted by molar-refractivity contribution is 8.05. The summed E-state index contributed by atoms with van der Waals surface area (Å²) in [5.41, 5.74) is 6.59. The van der Waals surface area contributed by atoms with Crippen molar-refractivity contribution in [3.63, 3.8) is 0 Å². The number of esters is 2. The van der Waals surface area contributed by atoms with Crippen LogP contribution in [-0.4, -0.2) is 75.0 Å². The minimum Gasteiger partial charge on any atom is -0.457 e. The lowest BCUT2D eigenvalue weighted by atomic mass is 10.0. The summed E-state index contributed by atoms with van der Waals surface area (Å²) in [5, 5.41) is 7.66. The molecule has 2 amide bonds. The molecule has 3 heterocycles. The van der Waals surface area contributed by atoms with Crippen molar-refractivity contribution in [3.8, 4) is 0 Å². The second-order valence-electron chi connectivity index (χ2n) is 11.3. The van der Waals surface area contributed by atoms with Crippen molar-refractivity contribution < 1.29 is 33.5 Å². The maximum Gasteiger partial charge on any atom is 0.356 e. The molecular formula is C32H33N5O7S3. The standard InChI is InChI=1S/C32H33N5O7S3/c1-32(2,3)44-22(38)15-42-36-23(20-16-47-31(33)34-20)27(39)35-24-28(40)37-25(21(45-4)17-46-29(24)37)30(41)43-26(18-11-7-5-8-12-18)19-13-9-6-10-14-19/h5-14,16,24,26,29H,15,17H2,1-4H3,(H2,33,34)(H,35,39)/b36-23+/t24?,29-/m1/s1. The number of benzene rings is 2. The minimum atomic E-state index is -0.982. The highest BCUT2D eigenvalue weighted by atomic mass is 32.2. The number of carbonyl (C=O) groups is 4. The molecule has 1 unspecified atom stereocenters. The molecule has 2 aliphatic heterocycles. The monoisotopic (exact) mass is 695 g/mol. The van der Waals surface area contributed by atoms with Crippen LogP contribution in [-0.2, 0) is 33.5 Å². The molecule has 0 spiro atoms. The van der Waals surface area contributed by atoms with Gasteiger partial charge in [0.25, 0.3) is 11.8 Å². The number of β-lactam (4-membered cyclic amide) rings is 1. The maximum absolute atomic E-state index is 13.9. The number of hydrogen-bond donors (Lipinski definition) is 2. The van der Waals surface area contributed by atoms with Gasteiger partial charge in [-0.05, 0) is 38.2 Å². The van der Waals surface area contributed by atoms with Gasteiger partial charge in [-0.3, -0.25) is 14.5 Å². The lowest BCUT2D eigenvalue weighted by molar-refractivity contribution is -0.160. The van der Waals surface area contributed by atoms with Crippen LogP contribution < -0.4 is 11.1 Å². The zero-order chi connectivity index (χ0) is 33.7. The number of nitrogens with zero attached hydrogens (tertiary/aromatic N) is 3. The molecule has 15 heteroatoms. The molecule has 5 rings (SSSR count). The molecule has 2 aliphatic rings. The van der Waals surface area contributed by atoms with Crippen LogP contribution in [0.5, 0.6) is 0 Å². The third-order valence-electron chi connectivity index (χ3n) is 6.83. The van der Waals surface area contributed by atoms with E-state index >= 15 is 0 Å². The summed E-state index contributed by atoms with van der Waals surface area (Å²) in [6, 6.07) is 17.7. The van der Waals surface area contributed by atoms with E-state index < -0.39 is 53.5 Å². The number of nitrogens with one attached hydrogen (secondary N) is 1. The molecule has 0 saturated carbocycles. The first-order chi connectivity index (χ1) is 22.5. The molecule has 3 aromatic rings. The van der Waals surface area contributed by atoms with Gasteiger partial charge in [0.15, 0.2) is 16.9 Å². The summed E-state index contributed by atoms with van der Waals surface area (Å²) in [6.07, 6.45) is 1.13. The molecule has 0 bridgehead atoms. The van der Waals surface area contributed by atoms with Gasteiger partial charge in [-0.15, -0.1) is 34.9 Å². The van der Waals surface area contributed by atoms with E-state index in [9.17, 15) is 19.2 Å². The molecular weight excluding hydrogens is 663 g/mol. The van der Waals surface area contributed by atoms with Crippen LogP contribution >= 0.6 is 34.9 Å². The zero-order valence-electron chi connectivity index (χ0n) is 26.0. The second kappa shape index (κ2) is 14.6. The molecule has 47 heavy (non-hydrogen) atoms. The normalized spacial score (nSPS) is 17.9. The fourth-order valence-corrected chi connectivity index (χ4v) is 7.61. The predicted octanol–water partition coefficient (Wildman–Crippen LogP) is 4.10. The number of nitrogens with two attached hydrogens (primary N) is 1. The summed E-state index contributed by atoms with van der Waals surface area (Å²) in [4.78, 5) is 64.4. The van der Waals surface area contributed by atoms with E-state index in [2.05, 4.69) is 15.5 Å². The number of anilines is 1. The first-order valence-corrected chi connectivity index (χ1v) is 17.6. The van der Waals surface area contributed by atoms with Crippen LogP contribution in [0.1, 0.15) is 43.7 Å². The van der Waals surface area contributed by atoms with E-state index in [0.29, 0.717) is 10.7 Å². The number of rotatable bonds is 11. The minimum absolute atomic E-state index is 0.107. The van der Waals surface area contributed by atoms with E-state index in [0.717, 1.165) is 22.5 Å². The molecule has 1 aromatic heterocycles. The Morgan fingerprint density at radius 2 is 1.74 bits per heavy atom. The van der Waals surface area contributed by atoms with E-state index in [1.54, 1.807) is 20.8 Å². The fraction of sp³-hybridized carbons (Fsp3) is 0.312. The van der Waals surface area contributed by atoms with Crippen molar-refractivity contribution in [1.29, 1.82) is 0 Å². The Morgan fingerprint density at radius 1 is 1.11 bits per heavy atom. The maximum atomic E-state index is 13.9. The largest absolute Gasteiger partial charge is 0.457 e. The predicted molar refractivity (Wildman–Crippen MR) is 181 cm³/mol. The summed E-state index contributed by atoms with van der Waals surface area (Å²) < 4.78 is 11.3. The van der Waals surface area contributed by atoms with E-state index in [4.69, 9.17) is 20.0 Å². The number of hydrogen-bond acceptors (Lipinski definition) is 13. The smallest absolute Gasteiger partial charge is 0.356 e. The van der Waals surface area contributed by atoms with Gasteiger partial charge < -0.3 is 25.4 Å². The number of thioether (sulfide) groups is 2.